The lowest BCUT2D eigenvalue weighted by Crippen LogP contribution is -2.45. The van der Waals surface area contributed by atoms with Crippen LogP contribution < -0.4 is 10.6 Å². The summed E-state index contributed by atoms with van der Waals surface area (Å²) in [5.41, 5.74) is 1.23. The van der Waals surface area contributed by atoms with Gasteiger partial charge in [0.25, 0.3) is 5.91 Å². The van der Waals surface area contributed by atoms with Crippen molar-refractivity contribution in [3.05, 3.63) is 29.3 Å². The molecular formula is C19H30ClN3O3S. The van der Waals surface area contributed by atoms with Gasteiger partial charge in [-0.15, -0.1) is 12.4 Å². The zero-order valence-corrected chi connectivity index (χ0v) is 17.7. The van der Waals surface area contributed by atoms with E-state index in [1.165, 1.54) is 6.07 Å². The van der Waals surface area contributed by atoms with Crippen molar-refractivity contribution in [3.63, 3.8) is 0 Å². The molecule has 8 heteroatoms. The van der Waals surface area contributed by atoms with Gasteiger partial charge in [0.1, 0.15) is 0 Å². The Balaban J connectivity index is 0.00000261. The van der Waals surface area contributed by atoms with E-state index in [9.17, 15) is 13.2 Å². The van der Waals surface area contributed by atoms with E-state index in [1.54, 1.807) is 16.4 Å². The fraction of sp³-hybridized carbons (Fsp3) is 0.632. The predicted molar refractivity (Wildman–Crippen MR) is 109 cm³/mol. The maximum Gasteiger partial charge on any atom is 0.251 e. The number of hydrogen-bond acceptors (Lipinski definition) is 4. The number of rotatable bonds is 4. The minimum atomic E-state index is -3.58. The number of aryl methyl sites for hydroxylation is 1. The fourth-order valence-corrected chi connectivity index (χ4v) is 5.53. The first kappa shape index (κ1) is 22.1. The molecule has 0 radical (unpaired) electrons. The minimum absolute atomic E-state index is 0. The molecule has 0 aromatic heterocycles. The van der Waals surface area contributed by atoms with Gasteiger partial charge in [0, 0.05) is 30.7 Å². The molecule has 2 fully saturated rings. The van der Waals surface area contributed by atoms with Gasteiger partial charge in [0.2, 0.25) is 10.0 Å². The van der Waals surface area contributed by atoms with Gasteiger partial charge in [-0.1, -0.05) is 12.5 Å². The number of halogens is 1. The second-order valence-corrected chi connectivity index (χ2v) is 9.34. The number of carbonyl (C=O) groups is 1. The van der Waals surface area contributed by atoms with Crippen LogP contribution in [0.15, 0.2) is 23.1 Å². The van der Waals surface area contributed by atoms with Gasteiger partial charge >= 0.3 is 0 Å². The topological polar surface area (TPSA) is 78.5 Å². The van der Waals surface area contributed by atoms with Gasteiger partial charge in [-0.3, -0.25) is 4.79 Å². The molecule has 3 rings (SSSR count). The Hall–Kier alpha value is -1.15. The number of amides is 1. The van der Waals surface area contributed by atoms with Crippen LogP contribution >= 0.6 is 12.4 Å². The van der Waals surface area contributed by atoms with Gasteiger partial charge in [0.15, 0.2) is 0 Å². The molecule has 2 saturated heterocycles. The summed E-state index contributed by atoms with van der Waals surface area (Å²) in [6.45, 7) is 6.08. The Morgan fingerprint density at radius 1 is 1.22 bits per heavy atom. The summed E-state index contributed by atoms with van der Waals surface area (Å²) >= 11 is 0. The molecule has 0 saturated carbocycles. The summed E-state index contributed by atoms with van der Waals surface area (Å²) in [7, 11) is -3.58. The summed E-state index contributed by atoms with van der Waals surface area (Å²) in [6.07, 6.45) is 4.81. The number of hydrogen-bond donors (Lipinski definition) is 2. The van der Waals surface area contributed by atoms with E-state index < -0.39 is 10.0 Å². The van der Waals surface area contributed by atoms with Crippen LogP contribution in [-0.4, -0.2) is 50.3 Å². The molecule has 0 aliphatic carbocycles. The van der Waals surface area contributed by atoms with Crippen LogP contribution in [0.4, 0.5) is 0 Å². The molecule has 0 spiro atoms. The summed E-state index contributed by atoms with van der Waals surface area (Å²) in [4.78, 5) is 12.9. The molecule has 152 valence electrons. The quantitative estimate of drug-likeness (QED) is 0.791. The molecule has 6 nitrogen and oxygen atoms in total. The summed E-state index contributed by atoms with van der Waals surface area (Å²) < 4.78 is 27.7. The highest BCUT2D eigenvalue weighted by Gasteiger charge is 2.31. The van der Waals surface area contributed by atoms with E-state index in [-0.39, 0.29) is 35.3 Å². The number of carbonyl (C=O) groups excluding carboxylic acids is 1. The van der Waals surface area contributed by atoms with Crippen molar-refractivity contribution in [2.75, 3.05) is 19.6 Å². The smallest absolute Gasteiger partial charge is 0.251 e. The average molecular weight is 416 g/mol. The lowest BCUT2D eigenvalue weighted by atomic mass is 10.1. The first-order valence-corrected chi connectivity index (χ1v) is 11.0. The van der Waals surface area contributed by atoms with Crippen LogP contribution in [0.2, 0.25) is 0 Å². The lowest BCUT2D eigenvalue weighted by molar-refractivity contribution is 0.0930. The summed E-state index contributed by atoms with van der Waals surface area (Å²) in [6, 6.07) is 4.98. The molecule has 2 atom stereocenters. The highest BCUT2D eigenvalue weighted by Crippen LogP contribution is 2.26. The van der Waals surface area contributed by atoms with Crippen molar-refractivity contribution in [2.45, 2.75) is 62.9 Å². The van der Waals surface area contributed by atoms with E-state index in [4.69, 9.17) is 0 Å². The number of piperidine rings is 2. The van der Waals surface area contributed by atoms with E-state index in [2.05, 4.69) is 10.6 Å². The molecule has 1 aromatic carbocycles. The normalized spacial score (nSPS) is 24.1. The van der Waals surface area contributed by atoms with Crippen molar-refractivity contribution in [1.29, 1.82) is 0 Å². The Morgan fingerprint density at radius 2 is 2.00 bits per heavy atom. The van der Waals surface area contributed by atoms with Crippen LogP contribution in [0.3, 0.4) is 0 Å². The van der Waals surface area contributed by atoms with Gasteiger partial charge in [-0.2, -0.15) is 4.31 Å². The predicted octanol–water partition coefficient (Wildman–Crippen LogP) is 2.46. The average Bonchev–Trinajstić information content (AvgIpc) is 2.63. The monoisotopic (exact) mass is 415 g/mol. The van der Waals surface area contributed by atoms with Crippen molar-refractivity contribution < 1.29 is 13.2 Å². The first-order chi connectivity index (χ1) is 12.4. The molecule has 2 heterocycles. The Bertz CT molecular complexity index is 763. The van der Waals surface area contributed by atoms with Crippen molar-refractivity contribution in [1.82, 2.24) is 14.9 Å². The molecule has 2 aliphatic rings. The molecule has 1 unspecified atom stereocenters. The van der Waals surface area contributed by atoms with Crippen LogP contribution in [0, 0.1) is 6.92 Å². The maximum atomic E-state index is 13.1. The number of nitrogens with zero attached hydrogens (tertiary/aromatic N) is 1. The number of sulfonamides is 1. The van der Waals surface area contributed by atoms with Gasteiger partial charge < -0.3 is 10.6 Å². The van der Waals surface area contributed by atoms with Crippen molar-refractivity contribution in [2.24, 2.45) is 0 Å². The minimum Gasteiger partial charge on any atom is -0.348 e. The zero-order valence-electron chi connectivity index (χ0n) is 16.0. The summed E-state index contributed by atoms with van der Waals surface area (Å²) in [5, 5.41) is 6.31. The Kier molecular flexibility index (Phi) is 7.68. The zero-order chi connectivity index (χ0) is 18.7. The number of nitrogens with one attached hydrogen (secondary N) is 2. The summed E-state index contributed by atoms with van der Waals surface area (Å²) in [5.74, 6) is -0.194. The van der Waals surface area contributed by atoms with Crippen LogP contribution in [0.5, 0.6) is 0 Å². The van der Waals surface area contributed by atoms with Gasteiger partial charge in [-0.25, -0.2) is 8.42 Å². The lowest BCUT2D eigenvalue weighted by Gasteiger charge is -2.32. The van der Waals surface area contributed by atoms with Crippen LogP contribution in [0.25, 0.3) is 0 Å². The highest BCUT2D eigenvalue weighted by molar-refractivity contribution is 7.89. The van der Waals surface area contributed by atoms with E-state index in [0.29, 0.717) is 12.1 Å². The second kappa shape index (κ2) is 9.37. The van der Waals surface area contributed by atoms with Gasteiger partial charge in [0.05, 0.1) is 4.90 Å². The molecular weight excluding hydrogens is 386 g/mol. The highest BCUT2D eigenvalue weighted by atomic mass is 35.5. The first-order valence-electron chi connectivity index (χ1n) is 9.53. The van der Waals surface area contributed by atoms with E-state index >= 15 is 0 Å². The maximum absolute atomic E-state index is 13.1. The Morgan fingerprint density at radius 3 is 2.67 bits per heavy atom. The van der Waals surface area contributed by atoms with E-state index in [1.807, 2.05) is 13.8 Å². The molecule has 2 N–H and O–H groups in total. The third-order valence-electron chi connectivity index (χ3n) is 5.43. The molecule has 0 bridgehead atoms. The van der Waals surface area contributed by atoms with E-state index in [0.717, 1.165) is 50.8 Å². The molecule has 2 aliphatic heterocycles. The van der Waals surface area contributed by atoms with Crippen molar-refractivity contribution in [3.8, 4) is 0 Å². The Labute approximate surface area is 168 Å². The largest absolute Gasteiger partial charge is 0.348 e. The second-order valence-electron chi connectivity index (χ2n) is 7.45. The van der Waals surface area contributed by atoms with Crippen LogP contribution in [-0.2, 0) is 10.0 Å². The SMILES string of the molecule is Cc1ccc(S(=O)(=O)N2CCCCC2C)cc1C(=O)N[C@H]1CCCNC1.Cl. The molecule has 27 heavy (non-hydrogen) atoms. The fourth-order valence-electron chi connectivity index (χ4n) is 3.81. The third-order valence-corrected chi connectivity index (χ3v) is 7.44. The van der Waals surface area contributed by atoms with Crippen molar-refractivity contribution >= 4 is 28.3 Å². The third kappa shape index (κ3) is 5.02. The number of benzene rings is 1. The van der Waals surface area contributed by atoms with Crippen LogP contribution in [0.1, 0.15) is 54.9 Å². The molecule has 1 aromatic rings. The standard InChI is InChI=1S/C19H29N3O3S.ClH/c1-14-8-9-17(26(24,25)22-11-4-3-6-15(22)2)12-18(14)19(23)21-16-7-5-10-20-13-16;/h8-9,12,15-16,20H,3-7,10-11,13H2,1-2H3,(H,21,23);1H/t15?,16-;/m0./s1. The van der Waals surface area contributed by atoms with Gasteiger partial charge in [-0.05, 0) is 63.8 Å². The molecule has 1 amide bonds.